The molecule has 0 saturated carbocycles. The van der Waals surface area contributed by atoms with E-state index in [0.717, 1.165) is 41.9 Å². The predicted molar refractivity (Wildman–Crippen MR) is 115 cm³/mol. The average molecular weight is 389 g/mol. The van der Waals surface area contributed by atoms with Crippen molar-refractivity contribution in [2.24, 2.45) is 0 Å². The van der Waals surface area contributed by atoms with Crippen LogP contribution < -0.4 is 5.73 Å². The van der Waals surface area contributed by atoms with E-state index in [2.05, 4.69) is 68.1 Å². The van der Waals surface area contributed by atoms with Crippen molar-refractivity contribution in [3.05, 3.63) is 86.3 Å². The number of aryl methyl sites for hydroxylation is 2. The molecule has 0 amide bonds. The van der Waals surface area contributed by atoms with Crippen molar-refractivity contribution in [1.82, 2.24) is 4.90 Å². The number of hydrogen-bond acceptors (Lipinski definition) is 4. The van der Waals surface area contributed by atoms with Crippen LogP contribution in [0.3, 0.4) is 0 Å². The number of nitrogen functional groups attached to an aromatic ring is 1. The Morgan fingerprint density at radius 2 is 1.86 bits per heavy atom. The van der Waals surface area contributed by atoms with Gasteiger partial charge in [0.2, 0.25) is 0 Å². The summed E-state index contributed by atoms with van der Waals surface area (Å²) < 4.78 is 0. The first-order valence-corrected chi connectivity index (χ1v) is 10.5. The van der Waals surface area contributed by atoms with Crippen LogP contribution in [-0.2, 0) is 18.5 Å². The molecular formula is C24H24N2OS. The molecule has 2 aliphatic rings. The largest absolute Gasteiger partial charge is 0.390 e. The molecule has 5 rings (SSSR count). The average Bonchev–Trinajstić information content (AvgIpc) is 2.99. The Morgan fingerprint density at radius 1 is 1.14 bits per heavy atom. The number of hydrogen-bond donors (Lipinski definition) is 1. The molecule has 0 bridgehead atoms. The summed E-state index contributed by atoms with van der Waals surface area (Å²) in [6.45, 7) is 9.14. The van der Waals surface area contributed by atoms with Gasteiger partial charge in [0.1, 0.15) is 0 Å². The van der Waals surface area contributed by atoms with Crippen molar-refractivity contribution in [2.45, 2.75) is 39.3 Å². The predicted octanol–water partition coefficient (Wildman–Crippen LogP) is 4.81. The van der Waals surface area contributed by atoms with E-state index in [-0.39, 0.29) is 11.2 Å². The maximum absolute atomic E-state index is 13.3. The Kier molecular flexibility index (Phi) is 3.80. The monoisotopic (exact) mass is 388 g/mol. The van der Waals surface area contributed by atoms with Crippen LogP contribution in [0.1, 0.15) is 55.5 Å². The number of carbonyl (C=O) groups excluding carboxylic acids is 1. The quantitative estimate of drug-likeness (QED) is 0.685. The minimum absolute atomic E-state index is 0.0992. The Balaban J connectivity index is 1.68. The summed E-state index contributed by atoms with van der Waals surface area (Å²) >= 11 is 1.60. The molecule has 1 unspecified atom stereocenters. The molecular weight excluding hydrogens is 364 g/mol. The molecule has 0 saturated heterocycles. The molecule has 3 nitrogen and oxygen atoms in total. The van der Waals surface area contributed by atoms with E-state index in [1.54, 1.807) is 11.3 Å². The number of anilines is 1. The third kappa shape index (κ3) is 2.41. The van der Waals surface area contributed by atoms with Gasteiger partial charge in [0.05, 0.1) is 10.6 Å². The lowest BCUT2D eigenvalue weighted by Gasteiger charge is -2.44. The fraction of sp³-hybridized carbons (Fsp3) is 0.292. The molecule has 1 aliphatic heterocycles. The molecule has 0 spiro atoms. The van der Waals surface area contributed by atoms with Gasteiger partial charge in [0.15, 0.2) is 5.78 Å². The molecule has 2 heterocycles. The number of ketones is 1. The summed E-state index contributed by atoms with van der Waals surface area (Å²) in [6, 6.07) is 14.9. The number of fused-ring (bicyclic) bond motifs is 2. The number of nitrogens with two attached hydrogens (primary N) is 1. The van der Waals surface area contributed by atoms with Crippen molar-refractivity contribution in [3.8, 4) is 0 Å². The maximum atomic E-state index is 13.3. The first kappa shape index (κ1) is 17.7. The topological polar surface area (TPSA) is 46.3 Å². The normalized spacial score (nSPS) is 20.8. The minimum atomic E-state index is -0.215. The van der Waals surface area contributed by atoms with Crippen LogP contribution in [0.4, 0.5) is 5.00 Å². The lowest BCUT2D eigenvalue weighted by molar-refractivity contribution is 0.102. The molecule has 4 heteroatoms. The van der Waals surface area contributed by atoms with E-state index in [1.807, 2.05) is 0 Å². The van der Waals surface area contributed by atoms with Crippen molar-refractivity contribution in [3.63, 3.8) is 0 Å². The number of thiophene rings is 1. The molecule has 142 valence electrons. The number of carbonyl (C=O) groups is 1. The molecule has 1 aromatic heterocycles. The standard InChI is InChI=1S/C24H24N2OS/c1-14-9-17-18(10-15(14)2)24(3)13-26(11-16-7-5-4-6-8-16)12-19-21(24)20(22(17)27)23(25)28-19/h4-10H,11-13,25H2,1-3H3. The van der Waals surface area contributed by atoms with Gasteiger partial charge in [-0.25, -0.2) is 0 Å². The Hall–Kier alpha value is -2.43. The van der Waals surface area contributed by atoms with Crippen LogP contribution in [-0.4, -0.2) is 17.2 Å². The van der Waals surface area contributed by atoms with Gasteiger partial charge in [-0.05, 0) is 47.7 Å². The Labute approximate surface area is 169 Å². The second-order valence-electron chi connectivity index (χ2n) is 8.41. The van der Waals surface area contributed by atoms with E-state index < -0.39 is 0 Å². The molecule has 0 fully saturated rings. The molecule has 0 radical (unpaired) electrons. The number of benzene rings is 2. The molecule has 2 aromatic carbocycles. The van der Waals surface area contributed by atoms with Crippen molar-refractivity contribution >= 4 is 22.1 Å². The van der Waals surface area contributed by atoms with E-state index in [4.69, 9.17) is 5.73 Å². The summed E-state index contributed by atoms with van der Waals surface area (Å²) in [4.78, 5) is 17.1. The van der Waals surface area contributed by atoms with E-state index in [0.29, 0.717) is 5.00 Å². The molecule has 2 N–H and O–H groups in total. The summed E-state index contributed by atoms with van der Waals surface area (Å²) in [5.74, 6) is 0.0992. The highest BCUT2D eigenvalue weighted by Gasteiger charge is 2.47. The summed E-state index contributed by atoms with van der Waals surface area (Å²) in [6.07, 6.45) is 0. The zero-order valence-corrected chi connectivity index (χ0v) is 17.3. The number of nitrogens with zero attached hydrogens (tertiary/aromatic N) is 1. The Morgan fingerprint density at radius 3 is 2.61 bits per heavy atom. The second-order valence-corrected chi connectivity index (χ2v) is 9.55. The van der Waals surface area contributed by atoms with Crippen molar-refractivity contribution in [2.75, 3.05) is 12.3 Å². The second kappa shape index (κ2) is 6.03. The van der Waals surface area contributed by atoms with E-state index in [9.17, 15) is 4.79 Å². The van der Waals surface area contributed by atoms with Gasteiger partial charge in [-0.1, -0.05) is 43.3 Å². The van der Waals surface area contributed by atoms with Gasteiger partial charge in [0.25, 0.3) is 0 Å². The lowest BCUT2D eigenvalue weighted by atomic mass is 9.65. The van der Waals surface area contributed by atoms with Crippen molar-refractivity contribution < 1.29 is 4.79 Å². The fourth-order valence-corrected chi connectivity index (χ4v) is 6.21. The minimum Gasteiger partial charge on any atom is -0.390 e. The van der Waals surface area contributed by atoms with Crippen LogP contribution >= 0.6 is 11.3 Å². The van der Waals surface area contributed by atoms with E-state index >= 15 is 0 Å². The van der Waals surface area contributed by atoms with Crippen LogP contribution in [0.25, 0.3) is 0 Å². The summed E-state index contributed by atoms with van der Waals surface area (Å²) in [5, 5.41) is 0.673. The fourth-order valence-electron chi connectivity index (χ4n) is 4.97. The lowest BCUT2D eigenvalue weighted by Crippen LogP contribution is -2.47. The number of rotatable bonds is 2. The van der Waals surface area contributed by atoms with Crippen molar-refractivity contribution in [1.29, 1.82) is 0 Å². The third-order valence-corrected chi connectivity index (χ3v) is 7.42. The van der Waals surface area contributed by atoms with Crippen LogP contribution in [0, 0.1) is 13.8 Å². The van der Waals surface area contributed by atoms with Gasteiger partial charge < -0.3 is 5.73 Å². The van der Waals surface area contributed by atoms with Gasteiger partial charge in [-0.3, -0.25) is 9.69 Å². The van der Waals surface area contributed by atoms with Gasteiger partial charge in [-0.2, -0.15) is 0 Å². The Bertz CT molecular complexity index is 1120. The summed E-state index contributed by atoms with van der Waals surface area (Å²) in [7, 11) is 0. The van der Waals surface area contributed by atoms with Crippen LogP contribution in [0.15, 0.2) is 42.5 Å². The first-order valence-electron chi connectivity index (χ1n) is 9.73. The van der Waals surface area contributed by atoms with E-state index in [1.165, 1.54) is 21.6 Å². The molecule has 28 heavy (non-hydrogen) atoms. The highest BCUT2D eigenvalue weighted by Crippen LogP contribution is 2.52. The molecule has 1 aliphatic carbocycles. The highest BCUT2D eigenvalue weighted by atomic mass is 32.1. The van der Waals surface area contributed by atoms with Gasteiger partial charge in [0, 0.05) is 35.5 Å². The van der Waals surface area contributed by atoms with Gasteiger partial charge >= 0.3 is 0 Å². The zero-order chi connectivity index (χ0) is 19.6. The molecule has 1 atom stereocenters. The smallest absolute Gasteiger partial charge is 0.196 e. The summed E-state index contributed by atoms with van der Waals surface area (Å²) in [5.41, 5.74) is 13.8. The molecule has 3 aromatic rings. The third-order valence-electron chi connectivity index (χ3n) is 6.42. The van der Waals surface area contributed by atoms with Crippen LogP contribution in [0.2, 0.25) is 0 Å². The first-order chi connectivity index (χ1) is 13.4. The maximum Gasteiger partial charge on any atom is 0.196 e. The SMILES string of the molecule is Cc1cc2c(cc1C)C1(C)CN(Cc3ccccc3)Cc3sc(N)c(c31)C2=O. The zero-order valence-electron chi connectivity index (χ0n) is 16.5. The van der Waals surface area contributed by atoms with Crippen LogP contribution in [0.5, 0.6) is 0 Å². The van der Waals surface area contributed by atoms with Gasteiger partial charge in [-0.15, -0.1) is 11.3 Å². The highest BCUT2D eigenvalue weighted by molar-refractivity contribution is 7.16.